The Morgan fingerprint density at radius 1 is 1.71 bits per heavy atom. The van der Waals surface area contributed by atoms with Crippen molar-refractivity contribution in [3.05, 3.63) is 17.3 Å². The number of hydrogen-bond acceptors (Lipinski definition) is 4. The van der Waals surface area contributed by atoms with Crippen molar-refractivity contribution in [1.82, 2.24) is 4.98 Å². The van der Waals surface area contributed by atoms with Crippen LogP contribution in [0.25, 0.3) is 0 Å². The summed E-state index contributed by atoms with van der Waals surface area (Å²) in [4.78, 5) is 4.00. The highest BCUT2D eigenvalue weighted by molar-refractivity contribution is 6.33. The van der Waals surface area contributed by atoms with E-state index in [0.717, 1.165) is 0 Å². The molecule has 0 aliphatic carbocycles. The van der Waals surface area contributed by atoms with Gasteiger partial charge in [0.2, 0.25) is 0 Å². The summed E-state index contributed by atoms with van der Waals surface area (Å²) in [6.07, 6.45) is 1.83. The maximum Gasteiger partial charge on any atom is 0.145 e. The molecule has 4 nitrogen and oxygen atoms in total. The second kappa shape index (κ2) is 5.02. The van der Waals surface area contributed by atoms with E-state index in [1.54, 1.807) is 6.07 Å². The van der Waals surface area contributed by atoms with Gasteiger partial charge in [0.05, 0.1) is 23.0 Å². The zero-order valence-electron chi connectivity index (χ0n) is 8.00. The standard InChI is InChI=1S/C9H14ClN3O/c1-2-7(14)5-13-9-8(10)3-6(11)4-12-9/h3-4,7,14H,2,5,11H2,1H3,(H,12,13). The van der Waals surface area contributed by atoms with Gasteiger partial charge in [-0.25, -0.2) is 4.98 Å². The Labute approximate surface area is 88.1 Å². The van der Waals surface area contributed by atoms with E-state index < -0.39 is 0 Å². The monoisotopic (exact) mass is 215 g/mol. The Morgan fingerprint density at radius 2 is 2.43 bits per heavy atom. The number of nitrogens with two attached hydrogens (primary N) is 1. The molecular weight excluding hydrogens is 202 g/mol. The van der Waals surface area contributed by atoms with Crippen LogP contribution in [0.2, 0.25) is 5.02 Å². The maximum absolute atomic E-state index is 9.31. The molecule has 1 aromatic rings. The number of halogens is 1. The lowest BCUT2D eigenvalue weighted by Crippen LogP contribution is -2.18. The van der Waals surface area contributed by atoms with Crippen molar-refractivity contribution < 1.29 is 5.11 Å². The van der Waals surface area contributed by atoms with E-state index in [-0.39, 0.29) is 6.10 Å². The number of aromatic nitrogens is 1. The number of nitrogens with one attached hydrogen (secondary N) is 1. The molecule has 0 aliphatic rings. The van der Waals surface area contributed by atoms with Crippen molar-refractivity contribution in [3.63, 3.8) is 0 Å². The fourth-order valence-corrected chi connectivity index (χ4v) is 1.18. The Hall–Kier alpha value is -1.00. The fraction of sp³-hybridized carbons (Fsp3) is 0.444. The largest absolute Gasteiger partial charge is 0.397 e. The van der Waals surface area contributed by atoms with Crippen molar-refractivity contribution >= 4 is 23.1 Å². The first-order valence-electron chi connectivity index (χ1n) is 4.46. The maximum atomic E-state index is 9.31. The highest BCUT2D eigenvalue weighted by Gasteiger charge is 2.04. The van der Waals surface area contributed by atoms with Crippen LogP contribution in [0.4, 0.5) is 11.5 Å². The SMILES string of the molecule is CCC(O)CNc1ncc(N)cc1Cl. The molecule has 1 atom stereocenters. The van der Waals surface area contributed by atoms with Crippen molar-refractivity contribution in [2.24, 2.45) is 0 Å². The third-order valence-electron chi connectivity index (χ3n) is 1.84. The van der Waals surface area contributed by atoms with Crippen LogP contribution in [0, 0.1) is 0 Å². The summed E-state index contributed by atoms with van der Waals surface area (Å²) >= 11 is 5.87. The summed E-state index contributed by atoms with van der Waals surface area (Å²) in [6, 6.07) is 1.62. The molecule has 0 aromatic carbocycles. The molecule has 0 saturated heterocycles. The molecule has 5 heteroatoms. The van der Waals surface area contributed by atoms with Gasteiger partial charge in [0.1, 0.15) is 5.82 Å². The van der Waals surface area contributed by atoms with Crippen LogP contribution in [0.1, 0.15) is 13.3 Å². The number of nitrogens with zero attached hydrogens (tertiary/aromatic N) is 1. The van der Waals surface area contributed by atoms with Gasteiger partial charge in [-0.3, -0.25) is 0 Å². The highest BCUT2D eigenvalue weighted by atomic mass is 35.5. The Balaban J connectivity index is 2.59. The topological polar surface area (TPSA) is 71.2 Å². The van der Waals surface area contributed by atoms with E-state index in [1.165, 1.54) is 6.20 Å². The van der Waals surface area contributed by atoms with E-state index in [1.807, 2.05) is 6.92 Å². The summed E-state index contributed by atoms with van der Waals surface area (Å²) in [6.45, 7) is 2.34. The summed E-state index contributed by atoms with van der Waals surface area (Å²) in [5, 5.41) is 12.7. The molecular formula is C9H14ClN3O. The molecule has 78 valence electrons. The molecule has 1 unspecified atom stereocenters. The summed E-state index contributed by atoms with van der Waals surface area (Å²) in [5.41, 5.74) is 6.01. The lowest BCUT2D eigenvalue weighted by Gasteiger charge is -2.11. The predicted molar refractivity (Wildman–Crippen MR) is 58.4 cm³/mol. The molecule has 0 saturated carbocycles. The van der Waals surface area contributed by atoms with Gasteiger partial charge in [-0.05, 0) is 12.5 Å². The molecule has 1 aromatic heterocycles. The lowest BCUT2D eigenvalue weighted by molar-refractivity contribution is 0.183. The number of pyridine rings is 1. The second-order valence-electron chi connectivity index (χ2n) is 3.04. The number of nitrogen functional groups attached to an aromatic ring is 1. The number of aliphatic hydroxyl groups excluding tert-OH is 1. The molecule has 1 heterocycles. The summed E-state index contributed by atoms with van der Waals surface area (Å²) in [5.74, 6) is 0.549. The van der Waals surface area contributed by atoms with Crippen LogP contribution in [0.3, 0.4) is 0 Å². The smallest absolute Gasteiger partial charge is 0.145 e. The summed E-state index contributed by atoms with van der Waals surface area (Å²) < 4.78 is 0. The van der Waals surface area contributed by atoms with E-state index in [2.05, 4.69) is 10.3 Å². The van der Waals surface area contributed by atoms with Gasteiger partial charge in [-0.15, -0.1) is 0 Å². The van der Waals surface area contributed by atoms with Crippen LogP contribution in [0.15, 0.2) is 12.3 Å². The second-order valence-corrected chi connectivity index (χ2v) is 3.45. The molecule has 1 rings (SSSR count). The van der Waals surface area contributed by atoms with Gasteiger partial charge < -0.3 is 16.2 Å². The Bertz CT molecular complexity index is 306. The van der Waals surface area contributed by atoms with Crippen molar-refractivity contribution in [3.8, 4) is 0 Å². The van der Waals surface area contributed by atoms with Crippen molar-refractivity contribution in [2.75, 3.05) is 17.6 Å². The molecule has 0 bridgehead atoms. The third kappa shape index (κ3) is 3.05. The molecule has 14 heavy (non-hydrogen) atoms. The lowest BCUT2D eigenvalue weighted by atomic mass is 10.3. The van der Waals surface area contributed by atoms with E-state index in [4.69, 9.17) is 17.3 Å². The molecule has 0 aliphatic heterocycles. The van der Waals surface area contributed by atoms with Gasteiger partial charge in [0, 0.05) is 6.54 Å². The zero-order chi connectivity index (χ0) is 10.6. The minimum Gasteiger partial charge on any atom is -0.397 e. The highest BCUT2D eigenvalue weighted by Crippen LogP contribution is 2.20. The molecule has 0 radical (unpaired) electrons. The van der Waals surface area contributed by atoms with Gasteiger partial charge in [-0.1, -0.05) is 18.5 Å². The average Bonchev–Trinajstić information content (AvgIpc) is 2.16. The molecule has 0 spiro atoms. The van der Waals surface area contributed by atoms with Gasteiger partial charge in [-0.2, -0.15) is 0 Å². The van der Waals surface area contributed by atoms with Gasteiger partial charge >= 0.3 is 0 Å². The van der Waals surface area contributed by atoms with Crippen LogP contribution < -0.4 is 11.1 Å². The zero-order valence-corrected chi connectivity index (χ0v) is 8.75. The fourth-order valence-electron chi connectivity index (χ4n) is 0.942. The minimum atomic E-state index is -0.384. The van der Waals surface area contributed by atoms with E-state index in [9.17, 15) is 5.11 Å². The average molecular weight is 216 g/mol. The van der Waals surface area contributed by atoms with Crippen LogP contribution in [0.5, 0.6) is 0 Å². The first-order chi connectivity index (χ1) is 6.63. The van der Waals surface area contributed by atoms with Gasteiger partial charge in [0.25, 0.3) is 0 Å². The number of rotatable bonds is 4. The number of aliphatic hydroxyl groups is 1. The van der Waals surface area contributed by atoms with Crippen LogP contribution in [-0.2, 0) is 0 Å². The van der Waals surface area contributed by atoms with Crippen LogP contribution in [-0.4, -0.2) is 22.7 Å². The normalized spacial score (nSPS) is 12.5. The van der Waals surface area contributed by atoms with E-state index in [0.29, 0.717) is 29.5 Å². The quantitative estimate of drug-likeness (QED) is 0.712. The minimum absolute atomic E-state index is 0.384. The summed E-state index contributed by atoms with van der Waals surface area (Å²) in [7, 11) is 0. The first-order valence-corrected chi connectivity index (χ1v) is 4.84. The van der Waals surface area contributed by atoms with Crippen molar-refractivity contribution in [1.29, 1.82) is 0 Å². The first kappa shape index (κ1) is 11.1. The van der Waals surface area contributed by atoms with Crippen LogP contribution >= 0.6 is 11.6 Å². The van der Waals surface area contributed by atoms with Crippen molar-refractivity contribution in [2.45, 2.75) is 19.4 Å². The molecule has 4 N–H and O–H groups in total. The number of anilines is 2. The third-order valence-corrected chi connectivity index (χ3v) is 2.13. The molecule has 0 amide bonds. The molecule has 0 fully saturated rings. The van der Waals surface area contributed by atoms with Gasteiger partial charge in [0.15, 0.2) is 0 Å². The number of hydrogen-bond donors (Lipinski definition) is 3. The van der Waals surface area contributed by atoms with E-state index >= 15 is 0 Å². The Kier molecular flexibility index (Phi) is 3.98. The Morgan fingerprint density at radius 3 is 3.00 bits per heavy atom. The predicted octanol–water partition coefficient (Wildman–Crippen LogP) is 1.50.